The number of esters is 1. The maximum atomic E-state index is 14.6. The molecule has 0 saturated heterocycles. The molecule has 2 aromatic carbocycles. The highest BCUT2D eigenvalue weighted by Gasteiger charge is 2.42. The standard InChI is InChI=1S/C22H23ClFN3O6S/c1-4-32-22(29)17-12-27(11-15-7-6-14(10-19(15)24)21(28)33-25)34(30,31)26(3)20(17)16-8-5-13(2)9-18(16)23/h5-10,12,20H,4,11,25H2,1-3H3. The molecule has 0 aromatic heterocycles. The number of halogens is 2. The number of nitrogens with zero attached hydrogens (tertiary/aromatic N) is 2. The van der Waals surface area contributed by atoms with Gasteiger partial charge in [0.15, 0.2) is 0 Å². The van der Waals surface area contributed by atoms with Gasteiger partial charge in [-0.2, -0.15) is 18.6 Å². The van der Waals surface area contributed by atoms with Crippen LogP contribution in [-0.2, 0) is 31.1 Å². The molecule has 0 radical (unpaired) electrons. The minimum Gasteiger partial charge on any atom is -0.463 e. The van der Waals surface area contributed by atoms with Crippen LogP contribution in [0.15, 0.2) is 48.2 Å². The average Bonchev–Trinajstić information content (AvgIpc) is 2.78. The van der Waals surface area contributed by atoms with Crippen molar-refractivity contribution in [3.05, 3.63) is 81.3 Å². The molecule has 2 N–H and O–H groups in total. The lowest BCUT2D eigenvalue weighted by molar-refractivity contribution is -0.139. The molecule has 1 unspecified atom stereocenters. The molecule has 0 aliphatic carbocycles. The highest BCUT2D eigenvalue weighted by atomic mass is 35.5. The fourth-order valence-electron chi connectivity index (χ4n) is 3.55. The van der Waals surface area contributed by atoms with Crippen LogP contribution < -0.4 is 5.90 Å². The largest absolute Gasteiger partial charge is 0.463 e. The van der Waals surface area contributed by atoms with E-state index < -0.39 is 40.6 Å². The Labute approximate surface area is 201 Å². The number of hydrogen-bond donors (Lipinski definition) is 1. The van der Waals surface area contributed by atoms with Crippen LogP contribution in [0, 0.1) is 12.7 Å². The summed E-state index contributed by atoms with van der Waals surface area (Å²) < 4.78 is 48.3. The first kappa shape index (κ1) is 25.6. The zero-order chi connectivity index (χ0) is 25.2. The molecule has 0 saturated carbocycles. The number of hydrogen-bond acceptors (Lipinski definition) is 7. The fourth-order valence-corrected chi connectivity index (χ4v) is 5.26. The zero-order valence-electron chi connectivity index (χ0n) is 18.6. The second-order valence-corrected chi connectivity index (χ2v) is 9.86. The van der Waals surface area contributed by atoms with Crippen LogP contribution >= 0.6 is 11.6 Å². The van der Waals surface area contributed by atoms with Gasteiger partial charge in [-0.15, -0.1) is 0 Å². The van der Waals surface area contributed by atoms with E-state index in [4.69, 9.17) is 22.2 Å². The first-order chi connectivity index (χ1) is 16.0. The van der Waals surface area contributed by atoms with Crippen molar-refractivity contribution in [3.63, 3.8) is 0 Å². The van der Waals surface area contributed by atoms with Crippen molar-refractivity contribution >= 4 is 33.7 Å². The average molecular weight is 512 g/mol. The third-order valence-electron chi connectivity index (χ3n) is 5.29. The van der Waals surface area contributed by atoms with Gasteiger partial charge in [-0.05, 0) is 43.2 Å². The number of rotatable bonds is 6. The van der Waals surface area contributed by atoms with Crippen molar-refractivity contribution in [2.45, 2.75) is 26.4 Å². The molecule has 182 valence electrons. The molecule has 1 atom stereocenters. The maximum Gasteiger partial charge on any atom is 0.356 e. The number of aryl methyl sites for hydroxylation is 1. The van der Waals surface area contributed by atoms with Crippen LogP contribution in [0.25, 0.3) is 0 Å². The number of carbonyl (C=O) groups is 2. The second-order valence-electron chi connectivity index (χ2n) is 7.51. The van der Waals surface area contributed by atoms with E-state index in [9.17, 15) is 22.4 Å². The van der Waals surface area contributed by atoms with E-state index >= 15 is 0 Å². The Hall–Kier alpha value is -2.99. The summed E-state index contributed by atoms with van der Waals surface area (Å²) in [7, 11) is -2.91. The van der Waals surface area contributed by atoms with Gasteiger partial charge in [0.1, 0.15) is 5.82 Å². The minimum atomic E-state index is -4.21. The van der Waals surface area contributed by atoms with Gasteiger partial charge in [0.25, 0.3) is 0 Å². The van der Waals surface area contributed by atoms with Crippen LogP contribution in [0.4, 0.5) is 4.39 Å². The first-order valence-corrected chi connectivity index (χ1v) is 11.9. The molecule has 9 nitrogen and oxygen atoms in total. The Balaban J connectivity index is 2.09. The van der Waals surface area contributed by atoms with Gasteiger partial charge in [0.05, 0.1) is 30.3 Å². The van der Waals surface area contributed by atoms with Gasteiger partial charge < -0.3 is 9.57 Å². The highest BCUT2D eigenvalue weighted by Crippen LogP contribution is 2.40. The van der Waals surface area contributed by atoms with Crippen LogP contribution in [0.2, 0.25) is 5.02 Å². The summed E-state index contributed by atoms with van der Waals surface area (Å²) in [5, 5.41) is 0.282. The van der Waals surface area contributed by atoms with Crippen molar-refractivity contribution < 1.29 is 32.0 Å². The van der Waals surface area contributed by atoms with Crippen molar-refractivity contribution in [1.82, 2.24) is 8.61 Å². The SMILES string of the molecule is CCOC(=O)C1=CN(Cc2ccc(C(=O)ON)cc2F)S(=O)(=O)N(C)C1c1ccc(C)cc1Cl. The van der Waals surface area contributed by atoms with E-state index in [0.717, 1.165) is 26.4 Å². The van der Waals surface area contributed by atoms with E-state index in [-0.39, 0.29) is 28.3 Å². The lowest BCUT2D eigenvalue weighted by atomic mass is 9.98. The second kappa shape index (κ2) is 10.1. The number of carbonyl (C=O) groups excluding carboxylic acids is 2. The lowest BCUT2D eigenvalue weighted by Crippen LogP contribution is -2.46. The lowest BCUT2D eigenvalue weighted by Gasteiger charge is -2.38. The summed E-state index contributed by atoms with van der Waals surface area (Å²) in [4.78, 5) is 28.4. The smallest absolute Gasteiger partial charge is 0.356 e. The fraction of sp³-hybridized carbons (Fsp3) is 0.273. The van der Waals surface area contributed by atoms with Crippen molar-refractivity contribution in [1.29, 1.82) is 0 Å². The van der Waals surface area contributed by atoms with E-state index in [1.54, 1.807) is 25.1 Å². The predicted molar refractivity (Wildman–Crippen MR) is 122 cm³/mol. The number of nitrogens with two attached hydrogens (primary N) is 1. The molecule has 1 heterocycles. The minimum absolute atomic E-state index is 0.00802. The Morgan fingerprint density at radius 2 is 1.88 bits per heavy atom. The van der Waals surface area contributed by atoms with E-state index in [1.807, 2.05) is 6.92 Å². The van der Waals surface area contributed by atoms with Gasteiger partial charge in [0.2, 0.25) is 0 Å². The quantitative estimate of drug-likeness (QED) is 0.467. The van der Waals surface area contributed by atoms with Crippen LogP contribution in [0.1, 0.15) is 40.0 Å². The molecule has 3 rings (SSSR count). The van der Waals surface area contributed by atoms with Crippen molar-refractivity contribution in [3.8, 4) is 0 Å². The van der Waals surface area contributed by atoms with Gasteiger partial charge >= 0.3 is 22.1 Å². The van der Waals surface area contributed by atoms with Crippen LogP contribution in [0.5, 0.6) is 0 Å². The normalized spacial score (nSPS) is 17.8. The summed E-state index contributed by atoms with van der Waals surface area (Å²) >= 11 is 6.40. The Kier molecular flexibility index (Phi) is 7.61. The first-order valence-electron chi connectivity index (χ1n) is 10.1. The Bertz CT molecular complexity index is 1270. The topological polar surface area (TPSA) is 119 Å². The predicted octanol–water partition coefficient (Wildman–Crippen LogP) is 3.00. The summed E-state index contributed by atoms with van der Waals surface area (Å²) in [5.74, 6) is 2.28. The number of benzene rings is 2. The van der Waals surface area contributed by atoms with Gasteiger partial charge in [-0.25, -0.2) is 14.0 Å². The molecule has 0 spiro atoms. The summed E-state index contributed by atoms with van der Waals surface area (Å²) in [6.07, 6.45) is 1.12. The summed E-state index contributed by atoms with van der Waals surface area (Å²) in [6.45, 7) is 3.06. The molecule has 1 aliphatic rings. The molecule has 12 heteroatoms. The van der Waals surface area contributed by atoms with E-state index in [2.05, 4.69) is 4.84 Å². The Morgan fingerprint density at radius 3 is 2.47 bits per heavy atom. The van der Waals surface area contributed by atoms with Crippen molar-refractivity contribution in [2.24, 2.45) is 5.90 Å². The molecular weight excluding hydrogens is 489 g/mol. The summed E-state index contributed by atoms with van der Waals surface area (Å²) in [6, 6.07) is 7.37. The highest BCUT2D eigenvalue weighted by molar-refractivity contribution is 7.86. The third kappa shape index (κ3) is 4.92. The maximum absolute atomic E-state index is 14.6. The number of ether oxygens (including phenoxy) is 1. The zero-order valence-corrected chi connectivity index (χ0v) is 20.2. The molecule has 0 bridgehead atoms. The van der Waals surface area contributed by atoms with Crippen LogP contribution in [0.3, 0.4) is 0 Å². The Morgan fingerprint density at radius 1 is 1.18 bits per heavy atom. The molecular formula is C22H23ClFN3O6S. The van der Waals surface area contributed by atoms with E-state index in [0.29, 0.717) is 5.56 Å². The van der Waals surface area contributed by atoms with Crippen LogP contribution in [-0.4, -0.2) is 42.6 Å². The van der Waals surface area contributed by atoms with Gasteiger partial charge in [-0.3, -0.25) is 4.31 Å². The summed E-state index contributed by atoms with van der Waals surface area (Å²) in [5.41, 5.74) is 1.08. The van der Waals surface area contributed by atoms with E-state index in [1.165, 1.54) is 19.2 Å². The molecule has 0 fully saturated rings. The third-order valence-corrected chi connectivity index (χ3v) is 7.38. The van der Waals surface area contributed by atoms with Crippen molar-refractivity contribution in [2.75, 3.05) is 13.7 Å². The number of likely N-dealkylation sites (N-methyl/N-ethyl adjacent to an activating group) is 1. The molecule has 34 heavy (non-hydrogen) atoms. The molecule has 0 amide bonds. The van der Waals surface area contributed by atoms with Gasteiger partial charge in [-0.1, -0.05) is 29.8 Å². The monoisotopic (exact) mass is 511 g/mol. The molecule has 2 aromatic rings. The molecule has 1 aliphatic heterocycles. The van der Waals surface area contributed by atoms with Gasteiger partial charge in [0, 0.05) is 23.8 Å².